The van der Waals surface area contributed by atoms with Crippen molar-refractivity contribution in [1.29, 1.82) is 0 Å². The van der Waals surface area contributed by atoms with Crippen LogP contribution in [0, 0.1) is 0 Å². The number of pyridine rings is 1. The van der Waals surface area contributed by atoms with Crippen molar-refractivity contribution in [3.8, 4) is 0 Å². The number of hydrogen-bond donors (Lipinski definition) is 1. The van der Waals surface area contributed by atoms with E-state index in [0.717, 1.165) is 38.5 Å². The van der Waals surface area contributed by atoms with Gasteiger partial charge in [0.2, 0.25) is 0 Å². The van der Waals surface area contributed by atoms with Crippen molar-refractivity contribution in [2.24, 2.45) is 0 Å². The van der Waals surface area contributed by atoms with Gasteiger partial charge in [0, 0.05) is 19.6 Å². The van der Waals surface area contributed by atoms with Crippen molar-refractivity contribution < 1.29 is 9.53 Å². The highest BCUT2D eigenvalue weighted by Crippen LogP contribution is 2.11. The first kappa shape index (κ1) is 14.5. The molecule has 1 aromatic heterocycles. The molecule has 1 amide bonds. The Balaban J connectivity index is 1.59. The molecular formula is C17H17N3O2. The van der Waals surface area contributed by atoms with Gasteiger partial charge in [0.15, 0.2) is 0 Å². The van der Waals surface area contributed by atoms with Crippen molar-refractivity contribution in [2.45, 2.75) is 6.54 Å². The molecule has 0 bridgehead atoms. The van der Waals surface area contributed by atoms with E-state index in [1.54, 1.807) is 24.4 Å². The summed E-state index contributed by atoms with van der Waals surface area (Å²) in [4.78, 5) is 18.7. The van der Waals surface area contributed by atoms with E-state index < -0.39 is 0 Å². The first-order valence-electron chi connectivity index (χ1n) is 7.26. The predicted molar refractivity (Wildman–Crippen MR) is 83.2 cm³/mol. The van der Waals surface area contributed by atoms with Crippen LogP contribution < -0.4 is 5.32 Å². The smallest absolute Gasteiger partial charge is 0.264 e. The zero-order valence-corrected chi connectivity index (χ0v) is 12.2. The largest absolute Gasteiger partial charge is 0.379 e. The molecule has 5 heteroatoms. The topological polar surface area (TPSA) is 54.5 Å². The lowest BCUT2D eigenvalue weighted by molar-refractivity contribution is -0.112. The third kappa shape index (κ3) is 3.82. The Morgan fingerprint density at radius 2 is 2.23 bits per heavy atom. The highest BCUT2D eigenvalue weighted by atomic mass is 16.5. The summed E-state index contributed by atoms with van der Waals surface area (Å²) in [5.74, 6) is -0.209. The van der Waals surface area contributed by atoms with Crippen LogP contribution >= 0.6 is 0 Å². The average molecular weight is 295 g/mol. The summed E-state index contributed by atoms with van der Waals surface area (Å²) >= 11 is 0. The van der Waals surface area contributed by atoms with E-state index in [9.17, 15) is 4.79 Å². The van der Waals surface area contributed by atoms with E-state index in [2.05, 4.69) is 26.7 Å². The number of nitrogens with zero attached hydrogens (tertiary/aromatic N) is 2. The molecule has 3 rings (SSSR count). The second-order valence-corrected chi connectivity index (χ2v) is 5.09. The van der Waals surface area contributed by atoms with Gasteiger partial charge in [-0.25, -0.2) is 0 Å². The third-order valence-corrected chi connectivity index (χ3v) is 3.47. The van der Waals surface area contributed by atoms with Gasteiger partial charge in [-0.1, -0.05) is 17.5 Å². The minimum Gasteiger partial charge on any atom is -0.379 e. The summed E-state index contributed by atoms with van der Waals surface area (Å²) in [6.07, 6.45) is 6.85. The van der Waals surface area contributed by atoms with Crippen LogP contribution in [0.4, 0.5) is 5.69 Å². The number of hydrogen-bond acceptors (Lipinski definition) is 4. The molecule has 0 spiro atoms. The fraction of sp³-hybridized carbons (Fsp3) is 0.294. The fourth-order valence-corrected chi connectivity index (χ4v) is 2.26. The Bertz CT molecular complexity index is 672. The molecule has 0 unspecified atom stereocenters. The van der Waals surface area contributed by atoms with E-state index in [1.807, 2.05) is 12.1 Å². The summed E-state index contributed by atoms with van der Waals surface area (Å²) in [5, 5.41) is 2.80. The van der Waals surface area contributed by atoms with Gasteiger partial charge in [-0.05, 0) is 24.3 Å². The maximum absolute atomic E-state index is 12.0. The van der Waals surface area contributed by atoms with Gasteiger partial charge in [0.25, 0.3) is 5.91 Å². The summed E-state index contributed by atoms with van der Waals surface area (Å²) in [7, 11) is 0. The van der Waals surface area contributed by atoms with Crippen LogP contribution in [0.25, 0.3) is 0 Å². The second-order valence-electron chi connectivity index (χ2n) is 5.09. The Morgan fingerprint density at radius 3 is 2.91 bits per heavy atom. The number of carbonyl (C=O) groups excluding carboxylic acids is 1. The van der Waals surface area contributed by atoms with Gasteiger partial charge < -0.3 is 10.1 Å². The van der Waals surface area contributed by atoms with Crippen molar-refractivity contribution in [3.05, 3.63) is 59.3 Å². The molecule has 0 atom stereocenters. The zero-order valence-electron chi connectivity index (χ0n) is 12.2. The Hall–Kier alpha value is -2.42. The fourth-order valence-electron chi connectivity index (χ4n) is 2.26. The molecule has 22 heavy (non-hydrogen) atoms. The van der Waals surface area contributed by atoms with Crippen LogP contribution in [0.3, 0.4) is 0 Å². The highest BCUT2D eigenvalue weighted by Gasteiger charge is 2.12. The molecule has 0 saturated carbocycles. The Morgan fingerprint density at radius 1 is 1.36 bits per heavy atom. The molecule has 112 valence electrons. The molecule has 0 radical (unpaired) electrons. The number of anilines is 1. The molecule has 1 N–H and O–H groups in total. The molecule has 1 saturated heterocycles. The Labute approximate surface area is 129 Å². The average Bonchev–Trinajstić information content (AvgIpc) is 2.58. The number of carbonyl (C=O) groups is 1. The zero-order chi connectivity index (χ0) is 15.2. The van der Waals surface area contributed by atoms with Crippen molar-refractivity contribution in [3.63, 3.8) is 0 Å². The molecule has 0 aromatic carbocycles. The van der Waals surface area contributed by atoms with Gasteiger partial charge in [-0.3, -0.25) is 14.7 Å². The van der Waals surface area contributed by atoms with E-state index in [1.165, 1.54) is 0 Å². The van der Waals surface area contributed by atoms with E-state index in [0.29, 0.717) is 11.3 Å². The van der Waals surface area contributed by atoms with Gasteiger partial charge >= 0.3 is 0 Å². The maximum atomic E-state index is 12.0. The number of rotatable bonds is 4. The monoisotopic (exact) mass is 295 g/mol. The summed E-state index contributed by atoms with van der Waals surface area (Å²) in [5.41, 5.74) is 7.66. The Kier molecular flexibility index (Phi) is 4.64. The molecule has 1 aromatic rings. The summed E-state index contributed by atoms with van der Waals surface area (Å²) < 4.78 is 5.33. The molecule has 1 aliphatic carbocycles. The van der Waals surface area contributed by atoms with Crippen molar-refractivity contribution in [1.82, 2.24) is 9.88 Å². The standard InChI is InChI=1S/C17H17N3O2/c21-17(14-4-2-1-3-5-14)19-15-6-7-16(18-12-15)13-20-8-10-22-11-9-20/h1-2,4,6-7,12H,8-11,13H2,(H,19,21). The van der Waals surface area contributed by atoms with Crippen LogP contribution in [-0.2, 0) is 16.1 Å². The van der Waals surface area contributed by atoms with E-state index in [-0.39, 0.29) is 5.91 Å². The molecule has 2 heterocycles. The molecule has 5 nitrogen and oxygen atoms in total. The first-order valence-corrected chi connectivity index (χ1v) is 7.26. The van der Waals surface area contributed by atoms with Gasteiger partial charge in [0.05, 0.1) is 36.4 Å². The minimum atomic E-state index is -0.209. The molecule has 1 fully saturated rings. The molecule has 2 aliphatic rings. The van der Waals surface area contributed by atoms with Crippen molar-refractivity contribution in [2.75, 3.05) is 31.6 Å². The maximum Gasteiger partial charge on any atom is 0.264 e. The first-order chi connectivity index (χ1) is 10.8. The van der Waals surface area contributed by atoms with E-state index >= 15 is 0 Å². The van der Waals surface area contributed by atoms with Crippen LogP contribution in [0.2, 0.25) is 0 Å². The quantitative estimate of drug-likeness (QED) is 0.858. The second kappa shape index (κ2) is 7.03. The van der Waals surface area contributed by atoms with Crippen molar-refractivity contribution >= 4 is 11.6 Å². The van der Waals surface area contributed by atoms with Crippen LogP contribution in [-0.4, -0.2) is 42.1 Å². The SMILES string of the molecule is O=C(Nc1ccc(CN2CCOCC2)nc1)C1=C=C=CC=C1. The third-order valence-electron chi connectivity index (χ3n) is 3.47. The van der Waals surface area contributed by atoms with Crippen LogP contribution in [0.15, 0.2) is 53.6 Å². The highest BCUT2D eigenvalue weighted by molar-refractivity contribution is 6.05. The number of allylic oxidation sites excluding steroid dienone is 2. The number of ether oxygens (including phenoxy) is 1. The molecular weight excluding hydrogens is 278 g/mol. The lowest BCUT2D eigenvalue weighted by Gasteiger charge is -2.26. The van der Waals surface area contributed by atoms with Crippen LogP contribution in [0.5, 0.6) is 0 Å². The number of morpholine rings is 1. The number of amides is 1. The number of aromatic nitrogens is 1. The lowest BCUT2D eigenvalue weighted by Crippen LogP contribution is -2.35. The number of nitrogens with one attached hydrogen (secondary N) is 1. The normalized spacial score (nSPS) is 17.4. The van der Waals surface area contributed by atoms with Crippen LogP contribution in [0.1, 0.15) is 5.69 Å². The minimum absolute atomic E-state index is 0.209. The van der Waals surface area contributed by atoms with E-state index in [4.69, 9.17) is 4.74 Å². The van der Waals surface area contributed by atoms with Gasteiger partial charge in [-0.15, -0.1) is 0 Å². The van der Waals surface area contributed by atoms with Gasteiger partial charge in [-0.2, -0.15) is 0 Å². The summed E-state index contributed by atoms with van der Waals surface area (Å²) in [6.45, 7) is 4.22. The predicted octanol–water partition coefficient (Wildman–Crippen LogP) is 1.66. The van der Waals surface area contributed by atoms with Gasteiger partial charge in [0.1, 0.15) is 0 Å². The lowest BCUT2D eigenvalue weighted by atomic mass is 10.2. The summed E-state index contributed by atoms with van der Waals surface area (Å²) in [6, 6.07) is 3.80. The molecule has 1 aliphatic heterocycles.